The van der Waals surface area contributed by atoms with Gasteiger partial charge in [-0.05, 0) is 13.0 Å². The topological polar surface area (TPSA) is 61.8 Å². The maximum absolute atomic E-state index is 11.4. The van der Waals surface area contributed by atoms with Crippen molar-refractivity contribution in [3.8, 4) is 0 Å². The van der Waals surface area contributed by atoms with Crippen molar-refractivity contribution in [3.63, 3.8) is 0 Å². The fourth-order valence-corrected chi connectivity index (χ4v) is 1.62. The van der Waals surface area contributed by atoms with E-state index in [1.54, 1.807) is 6.92 Å². The highest BCUT2D eigenvalue weighted by atomic mass is 16.6. The third kappa shape index (κ3) is 9.47. The van der Waals surface area contributed by atoms with Gasteiger partial charge in [-0.25, -0.2) is 4.79 Å². The molecule has 0 radical (unpaired) electrons. The molecule has 2 atom stereocenters. The lowest BCUT2D eigenvalue weighted by Crippen LogP contribution is -2.29. The van der Waals surface area contributed by atoms with E-state index in [0.29, 0.717) is 26.4 Å². The molecule has 0 saturated heterocycles. The van der Waals surface area contributed by atoms with Crippen LogP contribution in [0.25, 0.3) is 0 Å². The number of allylic oxidation sites excluding steroid dienone is 1. The van der Waals surface area contributed by atoms with Crippen LogP contribution in [0.2, 0.25) is 0 Å². The maximum atomic E-state index is 11.4. The second kappa shape index (κ2) is 10.3. The van der Waals surface area contributed by atoms with Gasteiger partial charge in [-0.1, -0.05) is 33.9 Å². The van der Waals surface area contributed by atoms with Crippen LogP contribution in [0.3, 0.4) is 0 Å². The van der Waals surface area contributed by atoms with Crippen molar-refractivity contribution < 1.29 is 23.8 Å². The molecule has 2 unspecified atom stereocenters. The number of rotatable bonds is 12. The van der Waals surface area contributed by atoms with Gasteiger partial charge in [0.1, 0.15) is 6.10 Å². The van der Waals surface area contributed by atoms with Crippen molar-refractivity contribution in [2.45, 2.75) is 33.8 Å². The summed E-state index contributed by atoms with van der Waals surface area (Å²) in [6, 6.07) is 0. The van der Waals surface area contributed by atoms with Crippen LogP contribution in [0.15, 0.2) is 25.3 Å². The van der Waals surface area contributed by atoms with Crippen LogP contribution < -0.4 is 0 Å². The Morgan fingerprint density at radius 1 is 1.05 bits per heavy atom. The molecule has 0 aliphatic rings. The smallest absolute Gasteiger partial charge is 0.330 e. The van der Waals surface area contributed by atoms with Crippen molar-refractivity contribution in [1.82, 2.24) is 0 Å². The van der Waals surface area contributed by atoms with E-state index in [-0.39, 0.29) is 23.2 Å². The average Bonchev–Trinajstić information content (AvgIpc) is 2.45. The predicted octanol–water partition coefficient (Wildman–Crippen LogP) is 2.55. The van der Waals surface area contributed by atoms with Crippen LogP contribution in [-0.4, -0.2) is 44.3 Å². The Morgan fingerprint density at radius 2 is 1.59 bits per heavy atom. The summed E-state index contributed by atoms with van der Waals surface area (Å²) in [7, 11) is 0. The van der Waals surface area contributed by atoms with E-state index in [1.165, 1.54) is 6.08 Å². The first kappa shape index (κ1) is 20.5. The molecule has 0 heterocycles. The first-order valence-electron chi connectivity index (χ1n) is 7.36. The lowest BCUT2D eigenvalue weighted by atomic mass is 9.96. The Balaban J connectivity index is 3.94. The molecule has 0 aromatic rings. The van der Waals surface area contributed by atoms with Gasteiger partial charge in [0.25, 0.3) is 0 Å². The number of hydrogen-bond acceptors (Lipinski definition) is 5. The molecular weight excluding hydrogens is 284 g/mol. The molecule has 0 saturated carbocycles. The van der Waals surface area contributed by atoms with Crippen LogP contribution >= 0.6 is 0 Å². The normalized spacial score (nSPS) is 14.0. The fraction of sp³-hybridized carbons (Fsp3) is 0.647. The molecule has 0 rings (SSSR count). The van der Waals surface area contributed by atoms with E-state index >= 15 is 0 Å². The van der Waals surface area contributed by atoms with Gasteiger partial charge in [0.05, 0.1) is 26.4 Å². The number of ketones is 1. The lowest BCUT2D eigenvalue weighted by molar-refractivity contribution is -0.145. The molecule has 0 amide bonds. The largest absolute Gasteiger partial charge is 0.457 e. The summed E-state index contributed by atoms with van der Waals surface area (Å²) in [6.07, 6.45) is 2.11. The van der Waals surface area contributed by atoms with E-state index in [2.05, 4.69) is 13.2 Å². The summed E-state index contributed by atoms with van der Waals surface area (Å²) in [5.41, 5.74) is -0.195. The monoisotopic (exact) mass is 312 g/mol. The number of carbonyl (C=O) groups excluding carboxylic acids is 2. The maximum Gasteiger partial charge on any atom is 0.330 e. The van der Waals surface area contributed by atoms with E-state index < -0.39 is 5.97 Å². The van der Waals surface area contributed by atoms with Crippen LogP contribution in [0.5, 0.6) is 0 Å². The highest BCUT2D eigenvalue weighted by Crippen LogP contribution is 2.17. The summed E-state index contributed by atoms with van der Waals surface area (Å²) >= 11 is 0. The minimum absolute atomic E-state index is 0.0214. The zero-order valence-electron chi connectivity index (χ0n) is 14.1. The Hall–Kier alpha value is -1.46. The van der Waals surface area contributed by atoms with Crippen molar-refractivity contribution in [2.24, 2.45) is 11.3 Å². The van der Waals surface area contributed by atoms with Crippen LogP contribution in [0, 0.1) is 11.3 Å². The summed E-state index contributed by atoms with van der Waals surface area (Å²) in [6.45, 7) is 16.0. The van der Waals surface area contributed by atoms with Gasteiger partial charge in [-0.15, -0.1) is 0 Å². The Bertz CT molecular complexity index is 387. The molecular formula is C17H28O5. The van der Waals surface area contributed by atoms with Gasteiger partial charge in [-0.3, -0.25) is 4.79 Å². The first-order valence-corrected chi connectivity index (χ1v) is 7.36. The second-order valence-electron chi connectivity index (χ2n) is 6.15. The first-order chi connectivity index (χ1) is 10.2. The fourth-order valence-electron chi connectivity index (χ4n) is 1.62. The number of ether oxygens (including phenoxy) is 3. The summed E-state index contributed by atoms with van der Waals surface area (Å²) in [4.78, 5) is 22.4. The number of hydrogen-bond donors (Lipinski definition) is 0. The molecule has 0 spiro atoms. The van der Waals surface area contributed by atoms with Crippen LogP contribution in [0.4, 0.5) is 0 Å². The molecule has 5 heteroatoms. The average molecular weight is 312 g/mol. The molecule has 0 N–H and O–H groups in total. The highest BCUT2D eigenvalue weighted by Gasteiger charge is 2.20. The highest BCUT2D eigenvalue weighted by molar-refractivity contribution is 5.90. The number of carbonyl (C=O) groups is 2. The van der Waals surface area contributed by atoms with Gasteiger partial charge in [0.15, 0.2) is 5.78 Å². The SMILES string of the molecule is C=CC(=O)OC(C)COCC(C)(C)COCC(C)C(=O)C=C. The van der Waals surface area contributed by atoms with E-state index in [1.807, 2.05) is 20.8 Å². The Morgan fingerprint density at radius 3 is 2.09 bits per heavy atom. The quantitative estimate of drug-likeness (QED) is 0.409. The van der Waals surface area contributed by atoms with Gasteiger partial charge in [0.2, 0.25) is 0 Å². The minimum atomic E-state index is -0.459. The van der Waals surface area contributed by atoms with Gasteiger partial charge in [0, 0.05) is 17.4 Å². The van der Waals surface area contributed by atoms with Crippen molar-refractivity contribution in [3.05, 3.63) is 25.3 Å². The molecule has 0 aromatic heterocycles. The standard InChI is InChI=1S/C17H28O5/c1-7-15(18)13(3)9-20-11-17(5,6)12-21-10-14(4)22-16(19)8-2/h7-8,13-14H,1-2,9-12H2,3-6H3. The Kier molecular flexibility index (Phi) is 9.61. The number of esters is 1. The summed E-state index contributed by atoms with van der Waals surface area (Å²) < 4.78 is 16.1. The molecule has 126 valence electrons. The van der Waals surface area contributed by atoms with E-state index in [4.69, 9.17) is 14.2 Å². The molecule has 0 aliphatic heterocycles. The molecule has 22 heavy (non-hydrogen) atoms. The molecule has 0 aromatic carbocycles. The van der Waals surface area contributed by atoms with Gasteiger partial charge >= 0.3 is 5.97 Å². The van der Waals surface area contributed by atoms with Crippen molar-refractivity contribution in [2.75, 3.05) is 26.4 Å². The Labute approximate surface area is 133 Å². The van der Waals surface area contributed by atoms with Crippen molar-refractivity contribution >= 4 is 11.8 Å². The van der Waals surface area contributed by atoms with Crippen LogP contribution in [-0.2, 0) is 23.8 Å². The van der Waals surface area contributed by atoms with Crippen molar-refractivity contribution in [1.29, 1.82) is 0 Å². The molecule has 0 bridgehead atoms. The van der Waals surface area contributed by atoms with Crippen LogP contribution in [0.1, 0.15) is 27.7 Å². The molecule has 0 aliphatic carbocycles. The van der Waals surface area contributed by atoms with Gasteiger partial charge < -0.3 is 14.2 Å². The summed E-state index contributed by atoms with van der Waals surface area (Å²) in [5, 5.41) is 0. The molecule has 0 fully saturated rings. The predicted molar refractivity (Wildman–Crippen MR) is 85.5 cm³/mol. The zero-order valence-corrected chi connectivity index (χ0v) is 14.1. The van der Waals surface area contributed by atoms with E-state index in [0.717, 1.165) is 6.08 Å². The molecule has 5 nitrogen and oxygen atoms in total. The third-order valence-electron chi connectivity index (χ3n) is 2.88. The third-order valence-corrected chi connectivity index (χ3v) is 2.88. The second-order valence-corrected chi connectivity index (χ2v) is 6.15. The minimum Gasteiger partial charge on any atom is -0.457 e. The lowest BCUT2D eigenvalue weighted by Gasteiger charge is -2.25. The van der Waals surface area contributed by atoms with E-state index in [9.17, 15) is 9.59 Å². The zero-order chi connectivity index (χ0) is 17.2. The van der Waals surface area contributed by atoms with Gasteiger partial charge in [-0.2, -0.15) is 0 Å². The summed E-state index contributed by atoms with van der Waals surface area (Å²) in [5.74, 6) is -0.668.